The van der Waals surface area contributed by atoms with Crippen molar-refractivity contribution in [1.29, 1.82) is 0 Å². The Labute approximate surface area is 270 Å². The van der Waals surface area contributed by atoms with Gasteiger partial charge in [0.1, 0.15) is 5.58 Å². The molecule has 1 aromatic heterocycles. The summed E-state index contributed by atoms with van der Waals surface area (Å²) in [7, 11) is 0. The minimum Gasteiger partial charge on any atom is -0.451 e. The fraction of sp³-hybridized carbons (Fsp3) is 0.306. The van der Waals surface area contributed by atoms with Crippen LogP contribution in [0.4, 0.5) is 0 Å². The largest absolute Gasteiger partial charge is 0.451 e. The van der Waals surface area contributed by atoms with Gasteiger partial charge in [0.25, 0.3) is 5.91 Å². The number of amides is 2. The van der Waals surface area contributed by atoms with Crippen LogP contribution in [0.25, 0.3) is 11.0 Å². The highest BCUT2D eigenvalue weighted by Gasteiger charge is 2.25. The molecule has 2 fully saturated rings. The van der Waals surface area contributed by atoms with Gasteiger partial charge < -0.3 is 14.6 Å². The molecule has 1 saturated carbocycles. The third kappa shape index (κ3) is 7.16. The van der Waals surface area contributed by atoms with Crippen LogP contribution in [0.2, 0.25) is 5.02 Å². The Morgan fingerprint density at radius 3 is 2.55 bits per heavy atom. The number of carbonyl (C=O) groups is 2. The van der Waals surface area contributed by atoms with Crippen LogP contribution >= 0.6 is 27.5 Å². The van der Waals surface area contributed by atoms with Crippen LogP contribution in [0.1, 0.15) is 71.7 Å². The van der Waals surface area contributed by atoms with E-state index in [0.717, 1.165) is 48.7 Å². The molecule has 2 heterocycles. The van der Waals surface area contributed by atoms with Crippen molar-refractivity contribution in [2.24, 2.45) is 0 Å². The molecule has 226 valence electrons. The van der Waals surface area contributed by atoms with E-state index < -0.39 is 5.91 Å². The maximum Gasteiger partial charge on any atom is 0.287 e. The molecule has 1 aliphatic carbocycles. The van der Waals surface area contributed by atoms with Gasteiger partial charge >= 0.3 is 0 Å². The highest BCUT2D eigenvalue weighted by Crippen LogP contribution is 2.37. The Morgan fingerprint density at radius 2 is 1.80 bits per heavy atom. The lowest BCUT2D eigenvalue weighted by atomic mass is 9.79. The van der Waals surface area contributed by atoms with Gasteiger partial charge in [-0.25, -0.2) is 0 Å². The maximum absolute atomic E-state index is 13.4. The second-order valence-electron chi connectivity index (χ2n) is 11.7. The number of nitrogens with one attached hydrogen (secondary N) is 1. The molecule has 1 aliphatic heterocycles. The lowest BCUT2D eigenvalue weighted by Crippen LogP contribution is -2.36. The number of hydrogen-bond donors (Lipinski definition) is 1. The molecular formula is C36H34BrClN2O4. The molecule has 1 saturated heterocycles. The number of fused-ring (bicyclic) bond motifs is 1. The smallest absolute Gasteiger partial charge is 0.287 e. The first-order valence-electron chi connectivity index (χ1n) is 15.2. The minimum atomic E-state index is -0.429. The van der Waals surface area contributed by atoms with Gasteiger partial charge in [-0.05, 0) is 91.5 Å². The first-order chi connectivity index (χ1) is 21.3. The fourth-order valence-electron chi connectivity index (χ4n) is 6.41. The van der Waals surface area contributed by atoms with Crippen LogP contribution in [-0.2, 0) is 17.8 Å². The van der Waals surface area contributed by atoms with E-state index in [1.807, 2.05) is 29.2 Å². The van der Waals surface area contributed by atoms with Crippen molar-refractivity contribution in [3.8, 4) is 0 Å². The molecule has 0 radical (unpaired) electrons. The van der Waals surface area contributed by atoms with E-state index in [-0.39, 0.29) is 23.1 Å². The lowest BCUT2D eigenvalue weighted by molar-refractivity contribution is -0.128. The predicted molar refractivity (Wildman–Crippen MR) is 177 cm³/mol. The standard InChI is InChI=1S/C36H34BrClN2O4/c37-27-13-16-33-31(20-27)32(41)21-34(44-33)36(43)39-29(19-24-9-14-28(38)15-10-24)18-23-7-11-25(12-8-23)30-5-2-1-4-26(30)22-40-17-3-6-35(40)42/h1-2,4-5,9-10,13-16,18,20-21,25,29H,3,6-8,11-12,17,19,22H2,(H,39,43)/t25?,29-/m1/s1. The van der Waals surface area contributed by atoms with Gasteiger partial charge in [-0.1, -0.05) is 75.6 Å². The molecule has 2 amide bonds. The van der Waals surface area contributed by atoms with E-state index in [9.17, 15) is 14.4 Å². The monoisotopic (exact) mass is 672 g/mol. The van der Waals surface area contributed by atoms with Gasteiger partial charge in [-0.2, -0.15) is 0 Å². The van der Waals surface area contributed by atoms with E-state index in [4.69, 9.17) is 16.0 Å². The van der Waals surface area contributed by atoms with Crippen LogP contribution in [-0.4, -0.2) is 29.3 Å². The van der Waals surface area contributed by atoms with Crippen molar-refractivity contribution in [1.82, 2.24) is 10.2 Å². The molecule has 6 nitrogen and oxygen atoms in total. The molecule has 0 spiro atoms. The second-order valence-corrected chi connectivity index (χ2v) is 13.1. The third-order valence-electron chi connectivity index (χ3n) is 8.69. The number of carbonyl (C=O) groups excluding carboxylic acids is 2. The van der Waals surface area contributed by atoms with Gasteiger partial charge in [0, 0.05) is 35.1 Å². The van der Waals surface area contributed by atoms with Crippen LogP contribution in [0, 0.1) is 0 Å². The molecule has 1 N–H and O–H groups in total. The number of allylic oxidation sites excluding steroid dienone is 1. The Kier molecular flexibility index (Phi) is 9.33. The zero-order valence-electron chi connectivity index (χ0n) is 24.4. The molecule has 1 atom stereocenters. The highest BCUT2D eigenvalue weighted by molar-refractivity contribution is 9.10. The van der Waals surface area contributed by atoms with Crippen molar-refractivity contribution in [3.63, 3.8) is 0 Å². The molecule has 0 bridgehead atoms. The fourth-order valence-corrected chi connectivity index (χ4v) is 6.90. The van der Waals surface area contributed by atoms with Crippen LogP contribution in [0.3, 0.4) is 0 Å². The van der Waals surface area contributed by atoms with E-state index in [1.165, 1.54) is 22.8 Å². The van der Waals surface area contributed by atoms with Gasteiger partial charge in [0.2, 0.25) is 5.91 Å². The van der Waals surface area contributed by atoms with Crippen molar-refractivity contribution in [3.05, 3.63) is 127 Å². The average molecular weight is 674 g/mol. The molecule has 0 unspecified atom stereocenters. The Balaban J connectivity index is 1.19. The van der Waals surface area contributed by atoms with Crippen molar-refractivity contribution >= 4 is 50.3 Å². The summed E-state index contributed by atoms with van der Waals surface area (Å²) < 4.78 is 6.62. The lowest BCUT2D eigenvalue weighted by Gasteiger charge is -2.28. The molecule has 8 heteroatoms. The molecule has 2 aliphatic rings. The van der Waals surface area contributed by atoms with Crippen molar-refractivity contribution in [2.75, 3.05) is 6.54 Å². The average Bonchev–Trinajstić information content (AvgIpc) is 3.43. The summed E-state index contributed by atoms with van der Waals surface area (Å²) in [6.07, 6.45) is 8.21. The van der Waals surface area contributed by atoms with Gasteiger partial charge in [-0.3, -0.25) is 14.4 Å². The number of likely N-dealkylation sites (tertiary alicyclic amines) is 1. The Hall–Kier alpha value is -3.68. The zero-order chi connectivity index (χ0) is 30.6. The normalized spacial score (nSPS) is 17.6. The summed E-state index contributed by atoms with van der Waals surface area (Å²) in [5.74, 6) is 0.235. The third-order valence-corrected chi connectivity index (χ3v) is 9.44. The Morgan fingerprint density at radius 1 is 1.02 bits per heavy atom. The van der Waals surface area contributed by atoms with Gasteiger partial charge in [0.05, 0.1) is 11.4 Å². The number of halogens is 2. The second kappa shape index (κ2) is 13.5. The van der Waals surface area contributed by atoms with Gasteiger partial charge in [-0.15, -0.1) is 0 Å². The van der Waals surface area contributed by atoms with E-state index in [2.05, 4.69) is 51.6 Å². The first kappa shape index (κ1) is 30.4. The molecular weight excluding hydrogens is 640 g/mol. The zero-order valence-corrected chi connectivity index (χ0v) is 26.7. The van der Waals surface area contributed by atoms with Crippen LogP contribution in [0.15, 0.2) is 98.1 Å². The SMILES string of the molecule is O=C(N[C@H](C=C1CCC(c2ccccc2CN2CCCC2=O)CC1)Cc1ccc(Cl)cc1)c1cc(=O)c2cc(Br)ccc2o1. The molecule has 6 rings (SSSR count). The van der Waals surface area contributed by atoms with Crippen molar-refractivity contribution in [2.45, 2.75) is 63.5 Å². The summed E-state index contributed by atoms with van der Waals surface area (Å²) in [6.45, 7) is 1.53. The summed E-state index contributed by atoms with van der Waals surface area (Å²) >= 11 is 9.51. The number of hydrogen-bond acceptors (Lipinski definition) is 4. The molecule has 3 aromatic carbocycles. The summed E-state index contributed by atoms with van der Waals surface area (Å²) in [5, 5.41) is 4.19. The summed E-state index contributed by atoms with van der Waals surface area (Å²) in [6, 6.07) is 22.3. The quantitative estimate of drug-likeness (QED) is 0.193. The van der Waals surface area contributed by atoms with E-state index in [1.54, 1.807) is 18.2 Å². The number of rotatable bonds is 8. The minimum absolute atomic E-state index is 0.0128. The number of nitrogens with zero attached hydrogens (tertiary/aromatic N) is 1. The van der Waals surface area contributed by atoms with Crippen molar-refractivity contribution < 1.29 is 14.0 Å². The molecule has 4 aromatic rings. The van der Waals surface area contributed by atoms with Crippen LogP contribution in [0.5, 0.6) is 0 Å². The van der Waals surface area contributed by atoms with Gasteiger partial charge in [0.15, 0.2) is 11.2 Å². The number of benzene rings is 3. The predicted octanol–water partition coefficient (Wildman–Crippen LogP) is 7.96. The topological polar surface area (TPSA) is 79.6 Å². The van der Waals surface area contributed by atoms with Crippen LogP contribution < -0.4 is 10.7 Å². The first-order valence-corrected chi connectivity index (χ1v) is 16.3. The summed E-state index contributed by atoms with van der Waals surface area (Å²) in [4.78, 5) is 40.4. The Bertz CT molecular complexity index is 1770. The van der Waals surface area contributed by atoms with E-state index >= 15 is 0 Å². The molecule has 44 heavy (non-hydrogen) atoms. The highest BCUT2D eigenvalue weighted by atomic mass is 79.9. The maximum atomic E-state index is 13.4. The summed E-state index contributed by atoms with van der Waals surface area (Å²) in [5.41, 5.74) is 5.04. The van der Waals surface area contributed by atoms with E-state index in [0.29, 0.717) is 41.3 Å².